The van der Waals surface area contributed by atoms with Gasteiger partial charge in [-0.25, -0.2) is 4.98 Å². The molecule has 3 rings (SSSR count). The fourth-order valence-corrected chi connectivity index (χ4v) is 3.22. The van der Waals surface area contributed by atoms with E-state index in [4.69, 9.17) is 10.7 Å². The number of hydrogen-bond acceptors (Lipinski definition) is 5. The summed E-state index contributed by atoms with van der Waals surface area (Å²) in [6, 6.07) is 0. The highest BCUT2D eigenvalue weighted by molar-refractivity contribution is 7.15. The predicted molar refractivity (Wildman–Crippen MR) is 77.3 cm³/mol. The van der Waals surface area contributed by atoms with Gasteiger partial charge in [0.15, 0.2) is 5.13 Å². The number of aryl methyl sites for hydroxylation is 1. The maximum absolute atomic E-state index is 5.82. The Morgan fingerprint density at radius 3 is 2.89 bits per heavy atom. The summed E-state index contributed by atoms with van der Waals surface area (Å²) in [5, 5.41) is 5.25. The highest BCUT2D eigenvalue weighted by Crippen LogP contribution is 2.44. The van der Waals surface area contributed by atoms with Crippen LogP contribution in [0.2, 0.25) is 0 Å². The van der Waals surface area contributed by atoms with Crippen LogP contribution in [0.4, 0.5) is 5.13 Å². The molecule has 1 aliphatic carbocycles. The summed E-state index contributed by atoms with van der Waals surface area (Å²) in [5.74, 6) is 0.662. The Bertz CT molecular complexity index is 569. The van der Waals surface area contributed by atoms with Gasteiger partial charge >= 0.3 is 0 Å². The van der Waals surface area contributed by atoms with Crippen LogP contribution in [0.3, 0.4) is 0 Å². The van der Waals surface area contributed by atoms with Crippen LogP contribution in [-0.2, 0) is 20.1 Å². The van der Waals surface area contributed by atoms with E-state index in [1.54, 1.807) is 11.3 Å². The van der Waals surface area contributed by atoms with Crippen molar-refractivity contribution >= 4 is 16.5 Å². The van der Waals surface area contributed by atoms with Gasteiger partial charge in [0.1, 0.15) is 0 Å². The zero-order valence-corrected chi connectivity index (χ0v) is 12.2. The summed E-state index contributed by atoms with van der Waals surface area (Å²) < 4.78 is 1.83. The minimum atomic E-state index is 0.601. The molecule has 0 saturated heterocycles. The summed E-state index contributed by atoms with van der Waals surface area (Å²) in [7, 11) is 4.01. The van der Waals surface area contributed by atoms with Crippen LogP contribution in [0.25, 0.3) is 0 Å². The number of hydrogen-bond donors (Lipinski definition) is 1. The fourth-order valence-electron chi connectivity index (χ4n) is 2.23. The number of anilines is 1. The van der Waals surface area contributed by atoms with Gasteiger partial charge in [0.2, 0.25) is 0 Å². The molecular weight excluding hydrogens is 258 g/mol. The number of nitrogens with zero attached hydrogens (tertiary/aromatic N) is 4. The molecule has 1 aliphatic rings. The smallest absolute Gasteiger partial charge is 0.185 e. The van der Waals surface area contributed by atoms with Gasteiger partial charge in [-0.15, -0.1) is 11.3 Å². The van der Waals surface area contributed by atoms with Crippen molar-refractivity contribution in [2.24, 2.45) is 12.8 Å². The van der Waals surface area contributed by atoms with Gasteiger partial charge in [-0.3, -0.25) is 4.68 Å². The Labute approximate surface area is 117 Å². The third-order valence-corrected chi connectivity index (χ3v) is 4.58. The molecule has 19 heavy (non-hydrogen) atoms. The summed E-state index contributed by atoms with van der Waals surface area (Å²) in [5.41, 5.74) is 8.26. The lowest BCUT2D eigenvalue weighted by Crippen LogP contribution is -2.15. The first-order valence-electron chi connectivity index (χ1n) is 6.55. The van der Waals surface area contributed by atoms with Gasteiger partial charge < -0.3 is 10.6 Å². The van der Waals surface area contributed by atoms with Crippen molar-refractivity contribution in [1.82, 2.24) is 14.8 Å². The molecule has 102 valence electrons. The topological polar surface area (TPSA) is 60.0 Å². The van der Waals surface area contributed by atoms with Crippen LogP contribution in [-0.4, -0.2) is 21.8 Å². The second kappa shape index (κ2) is 4.94. The first-order chi connectivity index (χ1) is 9.17. The number of thiazole rings is 1. The molecule has 0 aliphatic heterocycles. The van der Waals surface area contributed by atoms with Crippen molar-refractivity contribution < 1.29 is 0 Å². The molecule has 0 unspecified atom stereocenters. The molecule has 2 N–H and O–H groups in total. The van der Waals surface area contributed by atoms with Crippen molar-refractivity contribution in [2.75, 3.05) is 11.9 Å². The average molecular weight is 277 g/mol. The second-order valence-electron chi connectivity index (χ2n) is 5.16. The zero-order chi connectivity index (χ0) is 13.4. The molecule has 6 heteroatoms. The highest BCUT2D eigenvalue weighted by Gasteiger charge is 2.29. The first-order valence-corrected chi connectivity index (χ1v) is 7.37. The molecule has 1 fully saturated rings. The minimum absolute atomic E-state index is 0.601. The average Bonchev–Trinajstić information content (AvgIpc) is 3.01. The predicted octanol–water partition coefficient (Wildman–Crippen LogP) is 1.85. The zero-order valence-electron chi connectivity index (χ0n) is 11.3. The summed E-state index contributed by atoms with van der Waals surface area (Å²) in [4.78, 5) is 8.20. The van der Waals surface area contributed by atoms with Gasteiger partial charge in [-0.1, -0.05) is 0 Å². The maximum Gasteiger partial charge on any atom is 0.185 e. The Kier molecular flexibility index (Phi) is 3.28. The van der Waals surface area contributed by atoms with Crippen LogP contribution >= 0.6 is 11.3 Å². The molecule has 0 spiro atoms. The van der Waals surface area contributed by atoms with Gasteiger partial charge in [0.25, 0.3) is 0 Å². The van der Waals surface area contributed by atoms with E-state index in [0.29, 0.717) is 12.5 Å². The molecule has 1 saturated carbocycles. The molecule has 0 aromatic carbocycles. The molecular formula is C13H19N5S. The molecule has 0 atom stereocenters. The first kappa shape index (κ1) is 12.6. The number of nitrogens with two attached hydrogens (primary N) is 1. The molecule has 2 aromatic heterocycles. The molecule has 2 heterocycles. The third kappa shape index (κ3) is 2.64. The lowest BCUT2D eigenvalue weighted by molar-refractivity contribution is 0.766. The van der Waals surface area contributed by atoms with Crippen LogP contribution in [0.5, 0.6) is 0 Å². The van der Waals surface area contributed by atoms with E-state index in [9.17, 15) is 0 Å². The van der Waals surface area contributed by atoms with E-state index in [1.807, 2.05) is 24.1 Å². The van der Waals surface area contributed by atoms with Crippen molar-refractivity contribution in [3.63, 3.8) is 0 Å². The largest absolute Gasteiger partial charge is 0.347 e. The highest BCUT2D eigenvalue weighted by atomic mass is 32.1. The van der Waals surface area contributed by atoms with E-state index >= 15 is 0 Å². The normalized spacial score (nSPS) is 14.9. The van der Waals surface area contributed by atoms with Gasteiger partial charge in [0.05, 0.1) is 11.9 Å². The fraction of sp³-hybridized carbons (Fsp3) is 0.538. The van der Waals surface area contributed by atoms with Crippen molar-refractivity contribution in [3.05, 3.63) is 28.5 Å². The minimum Gasteiger partial charge on any atom is -0.347 e. The summed E-state index contributed by atoms with van der Waals surface area (Å²) in [6.45, 7) is 1.43. The van der Waals surface area contributed by atoms with Crippen molar-refractivity contribution in [1.29, 1.82) is 0 Å². The SMILES string of the molecule is CN(Cc1cnn(C)c1)c1nc(C2CC2)c(CN)s1. The van der Waals surface area contributed by atoms with E-state index < -0.39 is 0 Å². The second-order valence-corrected chi connectivity index (χ2v) is 6.22. The molecule has 2 aromatic rings. The monoisotopic (exact) mass is 277 g/mol. The van der Waals surface area contributed by atoms with E-state index in [0.717, 1.165) is 11.7 Å². The van der Waals surface area contributed by atoms with Crippen LogP contribution < -0.4 is 10.6 Å². The Morgan fingerprint density at radius 2 is 2.32 bits per heavy atom. The number of aromatic nitrogens is 3. The lowest BCUT2D eigenvalue weighted by Gasteiger charge is -2.14. The number of rotatable bonds is 5. The van der Waals surface area contributed by atoms with Gasteiger partial charge in [-0.05, 0) is 12.8 Å². The van der Waals surface area contributed by atoms with E-state index in [1.165, 1.54) is 29.0 Å². The van der Waals surface area contributed by atoms with Gasteiger partial charge in [0, 0.05) is 49.7 Å². The Balaban J connectivity index is 1.77. The van der Waals surface area contributed by atoms with Gasteiger partial charge in [-0.2, -0.15) is 5.10 Å². The molecule has 0 amide bonds. The van der Waals surface area contributed by atoms with Crippen LogP contribution in [0.15, 0.2) is 12.4 Å². The summed E-state index contributed by atoms with van der Waals surface area (Å²) >= 11 is 1.72. The quantitative estimate of drug-likeness (QED) is 0.906. The van der Waals surface area contributed by atoms with E-state index in [2.05, 4.69) is 17.0 Å². The van der Waals surface area contributed by atoms with Crippen molar-refractivity contribution in [3.8, 4) is 0 Å². The molecule has 0 bridgehead atoms. The molecule has 5 nitrogen and oxygen atoms in total. The van der Waals surface area contributed by atoms with Crippen molar-refractivity contribution in [2.45, 2.75) is 31.8 Å². The summed E-state index contributed by atoms with van der Waals surface area (Å²) in [6.07, 6.45) is 6.47. The maximum atomic E-state index is 5.82. The Hall–Kier alpha value is -1.40. The standard InChI is InChI=1S/C13H19N5S/c1-17(7-9-6-15-18(2)8-9)13-16-12(10-3-4-10)11(5-14)19-13/h6,8,10H,3-5,7,14H2,1-2H3. The van der Waals surface area contributed by atoms with Crippen LogP contribution in [0, 0.1) is 0 Å². The van der Waals surface area contributed by atoms with Crippen LogP contribution in [0.1, 0.15) is 34.9 Å². The third-order valence-electron chi connectivity index (χ3n) is 3.37. The lowest BCUT2D eigenvalue weighted by atomic mass is 10.2. The molecule has 0 radical (unpaired) electrons. The Morgan fingerprint density at radius 1 is 1.53 bits per heavy atom. The van der Waals surface area contributed by atoms with E-state index in [-0.39, 0.29) is 0 Å².